The lowest BCUT2D eigenvalue weighted by Gasteiger charge is -2.37. The fourth-order valence-corrected chi connectivity index (χ4v) is 5.29. The molecule has 0 bridgehead atoms. The first-order chi connectivity index (χ1) is 17.9. The molecule has 0 spiro atoms. The number of allylic oxidation sites excluding steroid dienone is 3. The minimum Gasteiger partial charge on any atom is -0.494 e. The molecule has 0 saturated heterocycles. The van der Waals surface area contributed by atoms with Gasteiger partial charge < -0.3 is 15.4 Å². The zero-order valence-corrected chi connectivity index (χ0v) is 20.9. The van der Waals surface area contributed by atoms with Crippen LogP contribution in [0.4, 0.5) is 10.1 Å². The second-order valence-electron chi connectivity index (χ2n) is 9.39. The number of hydrogen-bond donors (Lipinski definition) is 2. The van der Waals surface area contributed by atoms with E-state index in [1.165, 1.54) is 24.3 Å². The summed E-state index contributed by atoms with van der Waals surface area (Å²) >= 11 is 0. The highest BCUT2D eigenvalue weighted by Crippen LogP contribution is 2.45. The smallest absolute Gasteiger partial charge is 0.254 e. The number of amides is 1. The van der Waals surface area contributed by atoms with Gasteiger partial charge in [0.2, 0.25) is 0 Å². The zero-order valence-electron chi connectivity index (χ0n) is 20.9. The SMILES string of the molecule is CCOc1ccc([C@H]2C(C(=O)Nc3ccc(F)cc3)=C(C)NC3=C2C(=O)C[C@H](c2ccccc2)C3)cc1. The Kier molecular flexibility index (Phi) is 6.91. The van der Waals surface area contributed by atoms with Crippen LogP contribution in [0.5, 0.6) is 5.75 Å². The van der Waals surface area contributed by atoms with Crippen molar-refractivity contribution in [3.63, 3.8) is 0 Å². The Morgan fingerprint density at radius 2 is 1.68 bits per heavy atom. The van der Waals surface area contributed by atoms with Crippen LogP contribution in [0, 0.1) is 5.82 Å². The van der Waals surface area contributed by atoms with Crippen molar-refractivity contribution in [3.8, 4) is 5.75 Å². The van der Waals surface area contributed by atoms with Gasteiger partial charge in [0.1, 0.15) is 11.6 Å². The molecule has 0 radical (unpaired) electrons. The Morgan fingerprint density at radius 1 is 0.973 bits per heavy atom. The van der Waals surface area contributed by atoms with Crippen LogP contribution < -0.4 is 15.4 Å². The third-order valence-corrected chi connectivity index (χ3v) is 6.97. The molecule has 2 aliphatic rings. The number of Topliss-reactive ketones (excluding diaryl/α,β-unsaturated/α-hetero) is 1. The summed E-state index contributed by atoms with van der Waals surface area (Å²) in [5.41, 5.74) is 5.11. The number of carbonyl (C=O) groups is 2. The van der Waals surface area contributed by atoms with Crippen molar-refractivity contribution in [2.45, 2.75) is 38.5 Å². The van der Waals surface area contributed by atoms with E-state index < -0.39 is 5.92 Å². The quantitative estimate of drug-likeness (QED) is 0.425. The Hall–Kier alpha value is -4.19. The number of ketones is 1. The second-order valence-corrected chi connectivity index (χ2v) is 9.39. The van der Waals surface area contributed by atoms with E-state index in [4.69, 9.17) is 4.74 Å². The molecule has 1 heterocycles. The number of halogens is 1. The number of rotatable bonds is 6. The van der Waals surface area contributed by atoms with Crippen molar-refractivity contribution < 1.29 is 18.7 Å². The molecule has 0 unspecified atom stereocenters. The van der Waals surface area contributed by atoms with Gasteiger partial charge in [0.05, 0.1) is 6.61 Å². The molecule has 5 nitrogen and oxygen atoms in total. The van der Waals surface area contributed by atoms with Crippen molar-refractivity contribution in [1.82, 2.24) is 5.32 Å². The van der Waals surface area contributed by atoms with Crippen LogP contribution in [0.25, 0.3) is 0 Å². The number of carbonyl (C=O) groups excluding carboxylic acids is 2. The van der Waals surface area contributed by atoms with Gasteiger partial charge in [-0.25, -0.2) is 4.39 Å². The highest BCUT2D eigenvalue weighted by Gasteiger charge is 2.40. The highest BCUT2D eigenvalue weighted by atomic mass is 19.1. The maximum Gasteiger partial charge on any atom is 0.254 e. The number of anilines is 1. The summed E-state index contributed by atoms with van der Waals surface area (Å²) < 4.78 is 19.0. The zero-order chi connectivity index (χ0) is 25.9. The van der Waals surface area contributed by atoms with Gasteiger partial charge in [0, 0.05) is 40.6 Å². The summed E-state index contributed by atoms with van der Waals surface area (Å²) in [5.74, 6) is -0.414. The molecule has 0 saturated carbocycles. The molecule has 6 heteroatoms. The minimum absolute atomic E-state index is 0.0288. The molecule has 2 N–H and O–H groups in total. The third-order valence-electron chi connectivity index (χ3n) is 6.97. The monoisotopic (exact) mass is 496 g/mol. The van der Waals surface area contributed by atoms with Crippen LogP contribution in [-0.2, 0) is 9.59 Å². The molecule has 5 rings (SSSR count). The van der Waals surface area contributed by atoms with E-state index in [0.717, 1.165) is 22.6 Å². The summed E-state index contributed by atoms with van der Waals surface area (Å²) in [6.45, 7) is 4.33. The maximum atomic E-state index is 13.7. The molecule has 0 aromatic heterocycles. The predicted molar refractivity (Wildman–Crippen MR) is 142 cm³/mol. The first kappa shape index (κ1) is 24.5. The molecule has 1 aliphatic heterocycles. The lowest BCUT2D eigenvalue weighted by Crippen LogP contribution is -2.37. The average Bonchev–Trinajstić information content (AvgIpc) is 2.90. The van der Waals surface area contributed by atoms with Crippen molar-refractivity contribution in [3.05, 3.63) is 118 Å². The topological polar surface area (TPSA) is 67.4 Å². The first-order valence-electron chi connectivity index (χ1n) is 12.5. The normalized spacial score (nSPS) is 19.3. The Balaban J connectivity index is 1.55. The van der Waals surface area contributed by atoms with Gasteiger partial charge in [0.15, 0.2) is 5.78 Å². The van der Waals surface area contributed by atoms with E-state index in [2.05, 4.69) is 22.8 Å². The summed E-state index contributed by atoms with van der Waals surface area (Å²) in [5, 5.41) is 6.28. The van der Waals surface area contributed by atoms with Crippen LogP contribution in [0.2, 0.25) is 0 Å². The molecule has 188 valence electrons. The van der Waals surface area contributed by atoms with Gasteiger partial charge in [-0.2, -0.15) is 0 Å². The van der Waals surface area contributed by atoms with E-state index in [-0.39, 0.29) is 23.4 Å². The van der Waals surface area contributed by atoms with Crippen molar-refractivity contribution in [2.24, 2.45) is 0 Å². The summed E-state index contributed by atoms with van der Waals surface area (Å²) in [6, 6.07) is 23.3. The van der Waals surface area contributed by atoms with E-state index in [0.29, 0.717) is 42.0 Å². The van der Waals surface area contributed by atoms with Crippen molar-refractivity contribution in [1.29, 1.82) is 0 Å². The van der Waals surface area contributed by atoms with Crippen LogP contribution >= 0.6 is 0 Å². The van der Waals surface area contributed by atoms with Gasteiger partial charge in [-0.15, -0.1) is 0 Å². The van der Waals surface area contributed by atoms with Crippen LogP contribution in [-0.4, -0.2) is 18.3 Å². The van der Waals surface area contributed by atoms with Gasteiger partial charge in [-0.1, -0.05) is 42.5 Å². The number of dihydropyridines is 1. The molecule has 2 atom stereocenters. The van der Waals surface area contributed by atoms with Crippen LogP contribution in [0.15, 0.2) is 101 Å². The van der Waals surface area contributed by atoms with Crippen molar-refractivity contribution in [2.75, 3.05) is 11.9 Å². The van der Waals surface area contributed by atoms with Gasteiger partial charge in [-0.3, -0.25) is 9.59 Å². The highest BCUT2D eigenvalue weighted by molar-refractivity contribution is 6.10. The van der Waals surface area contributed by atoms with Crippen molar-refractivity contribution >= 4 is 17.4 Å². The van der Waals surface area contributed by atoms with Crippen LogP contribution in [0.3, 0.4) is 0 Å². The maximum absolute atomic E-state index is 13.7. The van der Waals surface area contributed by atoms with E-state index >= 15 is 0 Å². The fraction of sp³-hybridized carbons (Fsp3) is 0.226. The van der Waals surface area contributed by atoms with Gasteiger partial charge >= 0.3 is 0 Å². The number of hydrogen-bond acceptors (Lipinski definition) is 4. The molecular formula is C31H29FN2O3. The molecule has 3 aromatic carbocycles. The molecule has 37 heavy (non-hydrogen) atoms. The molecular weight excluding hydrogens is 467 g/mol. The molecule has 1 aliphatic carbocycles. The predicted octanol–water partition coefficient (Wildman–Crippen LogP) is 6.22. The fourth-order valence-electron chi connectivity index (χ4n) is 5.29. The molecule has 1 amide bonds. The Morgan fingerprint density at radius 3 is 2.35 bits per heavy atom. The third kappa shape index (κ3) is 5.05. The van der Waals surface area contributed by atoms with Gasteiger partial charge in [-0.05, 0) is 73.7 Å². The lowest BCUT2D eigenvalue weighted by atomic mass is 9.71. The summed E-state index contributed by atoms with van der Waals surface area (Å²) in [4.78, 5) is 27.3. The van der Waals surface area contributed by atoms with E-state index in [9.17, 15) is 14.0 Å². The second kappa shape index (κ2) is 10.4. The van der Waals surface area contributed by atoms with Crippen LogP contribution in [0.1, 0.15) is 49.7 Å². The summed E-state index contributed by atoms with van der Waals surface area (Å²) in [7, 11) is 0. The largest absolute Gasteiger partial charge is 0.494 e. The minimum atomic E-state index is -0.531. The first-order valence-corrected chi connectivity index (χ1v) is 12.5. The van der Waals surface area contributed by atoms with Gasteiger partial charge in [0.25, 0.3) is 5.91 Å². The average molecular weight is 497 g/mol. The number of benzene rings is 3. The standard InChI is InChI=1S/C31H29FN2O3/c1-3-37-25-15-9-21(10-16-25)29-28(31(36)34-24-13-11-23(32)12-14-24)19(2)33-26-17-22(18-27(35)30(26)29)20-7-5-4-6-8-20/h4-16,22,29,33H,3,17-18H2,1-2H3,(H,34,36)/t22-,29+/m1/s1. The Bertz CT molecular complexity index is 1380. The lowest BCUT2D eigenvalue weighted by molar-refractivity contribution is -0.116. The molecule has 3 aromatic rings. The summed E-state index contributed by atoms with van der Waals surface area (Å²) in [6.07, 6.45) is 1.06. The molecule has 0 fully saturated rings. The van der Waals surface area contributed by atoms with E-state index in [1.807, 2.05) is 56.3 Å². The van der Waals surface area contributed by atoms with E-state index in [1.54, 1.807) is 0 Å². The number of ether oxygens (including phenoxy) is 1. The Labute approximate surface area is 216 Å². The number of nitrogens with one attached hydrogen (secondary N) is 2.